The van der Waals surface area contributed by atoms with Crippen molar-refractivity contribution < 1.29 is 9.53 Å². The van der Waals surface area contributed by atoms with Crippen molar-refractivity contribution in [2.24, 2.45) is 0 Å². The van der Waals surface area contributed by atoms with Crippen LogP contribution < -0.4 is 0 Å². The highest BCUT2D eigenvalue weighted by Gasteiger charge is 2.57. The third-order valence-corrected chi connectivity index (χ3v) is 7.43. The first kappa shape index (κ1) is 18.9. The minimum Gasteiger partial charge on any atom is -0.361 e. The van der Waals surface area contributed by atoms with Crippen LogP contribution in [0.1, 0.15) is 21.9 Å². The molecule has 2 aliphatic heterocycles. The molecule has 3 aromatic heterocycles. The number of thiophene rings is 2. The van der Waals surface area contributed by atoms with Crippen molar-refractivity contribution in [3.05, 3.63) is 74.9 Å². The summed E-state index contributed by atoms with van der Waals surface area (Å²) in [7, 11) is 0. The number of pyridine rings is 1. The van der Waals surface area contributed by atoms with E-state index in [9.17, 15) is 4.79 Å². The second kappa shape index (κ2) is 7.99. The minimum absolute atomic E-state index is 0.0195. The molecule has 0 bridgehead atoms. The Labute approximate surface area is 178 Å². The van der Waals surface area contributed by atoms with Crippen molar-refractivity contribution in [3.8, 4) is 0 Å². The summed E-state index contributed by atoms with van der Waals surface area (Å²) in [6.07, 6.45) is 3.66. The molecule has 0 radical (unpaired) electrons. The maximum absolute atomic E-state index is 13.8. The van der Waals surface area contributed by atoms with E-state index in [0.29, 0.717) is 26.2 Å². The van der Waals surface area contributed by atoms with E-state index in [-0.39, 0.29) is 11.8 Å². The summed E-state index contributed by atoms with van der Waals surface area (Å²) in [6, 6.07) is 10.3. The van der Waals surface area contributed by atoms with Crippen molar-refractivity contribution in [1.29, 1.82) is 0 Å². The predicted octanol–water partition coefficient (Wildman–Crippen LogP) is 3.60. The summed E-state index contributed by atoms with van der Waals surface area (Å²) < 4.78 is 6.35. The number of likely N-dealkylation sites (tertiary alicyclic amines) is 1. The highest BCUT2D eigenvalue weighted by Crippen LogP contribution is 2.42. The minimum atomic E-state index is -0.839. The molecule has 2 atom stereocenters. The van der Waals surface area contributed by atoms with Gasteiger partial charge in [-0.15, -0.1) is 11.3 Å². The highest BCUT2D eigenvalue weighted by atomic mass is 32.1. The van der Waals surface area contributed by atoms with Gasteiger partial charge in [0.15, 0.2) is 5.60 Å². The Morgan fingerprint density at radius 2 is 2.17 bits per heavy atom. The van der Waals surface area contributed by atoms with Crippen LogP contribution in [-0.2, 0) is 22.6 Å². The van der Waals surface area contributed by atoms with Gasteiger partial charge in [0.05, 0.1) is 6.61 Å². The van der Waals surface area contributed by atoms with Crippen LogP contribution in [0, 0.1) is 0 Å². The van der Waals surface area contributed by atoms with E-state index >= 15 is 0 Å². The summed E-state index contributed by atoms with van der Waals surface area (Å²) in [5, 5.41) is 6.28. The largest absolute Gasteiger partial charge is 0.361 e. The summed E-state index contributed by atoms with van der Waals surface area (Å²) in [5.41, 5.74) is 1.42. The molecule has 0 aliphatic carbocycles. The number of rotatable bonds is 5. The number of morpholine rings is 1. The molecule has 0 N–H and O–H groups in total. The van der Waals surface area contributed by atoms with E-state index < -0.39 is 5.60 Å². The van der Waals surface area contributed by atoms with Crippen LogP contribution in [0.2, 0.25) is 0 Å². The van der Waals surface area contributed by atoms with Crippen LogP contribution in [-0.4, -0.2) is 52.5 Å². The van der Waals surface area contributed by atoms with Crippen LogP contribution in [0.3, 0.4) is 0 Å². The molecule has 1 amide bonds. The first-order valence-corrected chi connectivity index (χ1v) is 11.7. The molecule has 5 heterocycles. The molecule has 1 spiro atoms. The number of amides is 1. The predicted molar refractivity (Wildman–Crippen MR) is 115 cm³/mol. The molecule has 0 aromatic carbocycles. The number of ether oxygens (including phenoxy) is 1. The first-order valence-electron chi connectivity index (χ1n) is 9.84. The lowest BCUT2D eigenvalue weighted by atomic mass is 9.83. The zero-order chi connectivity index (χ0) is 19.7. The third-order valence-electron chi connectivity index (χ3n) is 5.83. The summed E-state index contributed by atoms with van der Waals surface area (Å²) in [5.74, 6) is 0.0893. The topological polar surface area (TPSA) is 45.7 Å². The Morgan fingerprint density at radius 3 is 2.93 bits per heavy atom. The van der Waals surface area contributed by atoms with Gasteiger partial charge >= 0.3 is 0 Å². The lowest BCUT2D eigenvalue weighted by molar-refractivity contribution is -0.173. The Balaban J connectivity index is 1.45. The van der Waals surface area contributed by atoms with Crippen molar-refractivity contribution in [3.63, 3.8) is 0 Å². The Hall–Kier alpha value is -2.06. The van der Waals surface area contributed by atoms with E-state index in [1.807, 2.05) is 17.2 Å². The highest BCUT2D eigenvalue weighted by molar-refractivity contribution is 7.09. The second-order valence-corrected chi connectivity index (χ2v) is 9.50. The quantitative estimate of drug-likeness (QED) is 0.627. The maximum atomic E-state index is 13.8. The fourth-order valence-corrected chi connectivity index (χ4v) is 5.90. The standard InChI is InChI=1S/C22H23N3O2S2/c26-21-22(27-8-7-25(21)12-17-5-10-28-15-17)16-24(13-19-4-2-9-29-19)14-20(22)18-3-1-6-23-11-18/h1-6,9-11,15,20H,7-8,12-14,16H2/t20-,22-/m0/s1. The van der Waals surface area contributed by atoms with Gasteiger partial charge in [-0.3, -0.25) is 14.7 Å². The van der Waals surface area contributed by atoms with Gasteiger partial charge in [0, 0.05) is 55.9 Å². The van der Waals surface area contributed by atoms with Crippen LogP contribution in [0.25, 0.3) is 0 Å². The lowest BCUT2D eigenvalue weighted by Crippen LogP contribution is -2.59. The van der Waals surface area contributed by atoms with Gasteiger partial charge in [-0.1, -0.05) is 12.1 Å². The maximum Gasteiger partial charge on any atom is 0.257 e. The summed E-state index contributed by atoms with van der Waals surface area (Å²) in [4.78, 5) is 23.7. The average Bonchev–Trinajstić information content (AvgIpc) is 3.49. The van der Waals surface area contributed by atoms with E-state index in [4.69, 9.17) is 4.74 Å². The number of aromatic nitrogens is 1. The number of carbonyl (C=O) groups is 1. The molecule has 0 saturated carbocycles. The fraction of sp³-hybridized carbons (Fsp3) is 0.364. The smallest absolute Gasteiger partial charge is 0.257 e. The van der Waals surface area contributed by atoms with Crippen LogP contribution >= 0.6 is 22.7 Å². The van der Waals surface area contributed by atoms with E-state index in [2.05, 4.69) is 50.3 Å². The van der Waals surface area contributed by atoms with Crippen LogP contribution in [0.15, 0.2) is 58.9 Å². The number of hydrogen-bond acceptors (Lipinski definition) is 6. The number of hydrogen-bond donors (Lipinski definition) is 0. The summed E-state index contributed by atoms with van der Waals surface area (Å²) in [6.45, 7) is 4.11. The Kier molecular flexibility index (Phi) is 5.22. The molecule has 7 heteroatoms. The summed E-state index contributed by atoms with van der Waals surface area (Å²) >= 11 is 3.43. The zero-order valence-electron chi connectivity index (χ0n) is 16.1. The molecule has 2 fully saturated rings. The van der Waals surface area contributed by atoms with Crippen LogP contribution in [0.4, 0.5) is 0 Å². The Morgan fingerprint density at radius 1 is 1.21 bits per heavy atom. The van der Waals surface area contributed by atoms with Gasteiger partial charge in [-0.25, -0.2) is 0 Å². The molecular weight excluding hydrogens is 402 g/mol. The molecule has 3 aromatic rings. The second-order valence-electron chi connectivity index (χ2n) is 7.68. The number of nitrogens with zero attached hydrogens (tertiary/aromatic N) is 3. The van der Waals surface area contributed by atoms with Gasteiger partial charge < -0.3 is 9.64 Å². The molecule has 5 rings (SSSR count). The fourth-order valence-electron chi connectivity index (χ4n) is 4.50. The molecule has 150 valence electrons. The SMILES string of the molecule is O=C1N(Cc2ccsc2)CCO[C@]12CN(Cc1cccs1)C[C@H]2c1cccnc1. The van der Waals surface area contributed by atoms with Gasteiger partial charge in [-0.2, -0.15) is 11.3 Å². The average molecular weight is 426 g/mol. The van der Waals surface area contributed by atoms with E-state index in [0.717, 1.165) is 18.7 Å². The number of carbonyl (C=O) groups excluding carboxylic acids is 1. The molecule has 2 aliphatic rings. The molecule has 2 saturated heterocycles. The van der Waals surface area contributed by atoms with Gasteiger partial charge in [0.1, 0.15) is 0 Å². The van der Waals surface area contributed by atoms with Crippen molar-refractivity contribution >= 4 is 28.6 Å². The molecule has 29 heavy (non-hydrogen) atoms. The molecule has 5 nitrogen and oxygen atoms in total. The zero-order valence-corrected chi connectivity index (χ0v) is 17.7. The molecule has 0 unspecified atom stereocenters. The third kappa shape index (κ3) is 3.64. The monoisotopic (exact) mass is 425 g/mol. The van der Waals surface area contributed by atoms with Crippen molar-refractivity contribution in [2.45, 2.75) is 24.6 Å². The van der Waals surface area contributed by atoms with Gasteiger partial charge in [-0.05, 0) is 45.5 Å². The van der Waals surface area contributed by atoms with Crippen LogP contribution in [0.5, 0.6) is 0 Å². The van der Waals surface area contributed by atoms with E-state index in [1.54, 1.807) is 28.9 Å². The molecular formula is C22H23N3O2S2. The first-order chi connectivity index (χ1) is 14.2. The van der Waals surface area contributed by atoms with E-state index in [1.165, 1.54) is 10.4 Å². The van der Waals surface area contributed by atoms with Gasteiger partial charge in [0.2, 0.25) is 0 Å². The van der Waals surface area contributed by atoms with Crippen molar-refractivity contribution in [1.82, 2.24) is 14.8 Å². The van der Waals surface area contributed by atoms with Crippen molar-refractivity contribution in [2.75, 3.05) is 26.2 Å². The lowest BCUT2D eigenvalue weighted by Gasteiger charge is -2.42. The normalized spacial score (nSPS) is 25.2. The van der Waals surface area contributed by atoms with Gasteiger partial charge in [0.25, 0.3) is 5.91 Å². The Bertz CT molecular complexity index is 946.